The SMILES string of the molecule is COc1ccsc1C(=O)NCC(CO)Cc1ccccn1. The van der Waals surface area contributed by atoms with Crippen molar-refractivity contribution in [2.75, 3.05) is 20.3 Å². The minimum Gasteiger partial charge on any atom is -0.495 e. The Hall–Kier alpha value is -1.92. The van der Waals surface area contributed by atoms with Gasteiger partial charge in [-0.15, -0.1) is 11.3 Å². The Kier molecular flexibility index (Phi) is 5.71. The van der Waals surface area contributed by atoms with Crippen LogP contribution in [0.1, 0.15) is 15.4 Å². The number of thiophene rings is 1. The topological polar surface area (TPSA) is 71.5 Å². The smallest absolute Gasteiger partial charge is 0.265 e. The van der Waals surface area contributed by atoms with Crippen LogP contribution in [0.5, 0.6) is 5.75 Å². The summed E-state index contributed by atoms with van der Waals surface area (Å²) in [6.07, 6.45) is 2.35. The van der Waals surface area contributed by atoms with E-state index in [0.717, 1.165) is 5.69 Å². The van der Waals surface area contributed by atoms with Gasteiger partial charge in [-0.3, -0.25) is 9.78 Å². The highest BCUT2D eigenvalue weighted by atomic mass is 32.1. The number of aliphatic hydroxyl groups is 1. The lowest BCUT2D eigenvalue weighted by Gasteiger charge is -2.14. The molecule has 1 atom stereocenters. The molecule has 0 aliphatic heterocycles. The van der Waals surface area contributed by atoms with Crippen molar-refractivity contribution in [1.82, 2.24) is 10.3 Å². The van der Waals surface area contributed by atoms with Gasteiger partial charge in [-0.05, 0) is 30.0 Å². The largest absolute Gasteiger partial charge is 0.495 e. The van der Waals surface area contributed by atoms with E-state index in [-0.39, 0.29) is 18.4 Å². The first-order chi connectivity index (χ1) is 10.2. The molecular formula is C15H18N2O3S. The van der Waals surface area contributed by atoms with Crippen LogP contribution in [0.15, 0.2) is 35.8 Å². The van der Waals surface area contributed by atoms with Crippen molar-refractivity contribution < 1.29 is 14.6 Å². The number of nitrogens with one attached hydrogen (secondary N) is 1. The molecule has 0 aliphatic rings. The molecule has 0 bridgehead atoms. The summed E-state index contributed by atoms with van der Waals surface area (Å²) in [6, 6.07) is 7.43. The number of hydrogen-bond acceptors (Lipinski definition) is 5. The van der Waals surface area contributed by atoms with Crippen LogP contribution in [-0.4, -0.2) is 36.3 Å². The van der Waals surface area contributed by atoms with Crippen LogP contribution in [0.25, 0.3) is 0 Å². The molecule has 1 unspecified atom stereocenters. The summed E-state index contributed by atoms with van der Waals surface area (Å²) < 4.78 is 5.13. The molecule has 2 aromatic heterocycles. The van der Waals surface area contributed by atoms with E-state index < -0.39 is 0 Å². The maximum atomic E-state index is 12.1. The van der Waals surface area contributed by atoms with Crippen molar-refractivity contribution in [3.05, 3.63) is 46.4 Å². The van der Waals surface area contributed by atoms with E-state index in [2.05, 4.69) is 10.3 Å². The average Bonchev–Trinajstić information content (AvgIpc) is 3.00. The Bertz CT molecular complexity index is 571. The third kappa shape index (κ3) is 4.27. The molecule has 0 aliphatic carbocycles. The number of methoxy groups -OCH3 is 1. The lowest BCUT2D eigenvalue weighted by molar-refractivity contribution is 0.0941. The Labute approximate surface area is 127 Å². The Morgan fingerprint density at radius 2 is 2.33 bits per heavy atom. The quantitative estimate of drug-likeness (QED) is 0.817. The highest BCUT2D eigenvalue weighted by Crippen LogP contribution is 2.24. The van der Waals surface area contributed by atoms with E-state index in [1.54, 1.807) is 12.3 Å². The number of rotatable bonds is 7. The van der Waals surface area contributed by atoms with E-state index >= 15 is 0 Å². The molecule has 2 rings (SSSR count). The maximum absolute atomic E-state index is 12.1. The highest BCUT2D eigenvalue weighted by molar-refractivity contribution is 7.12. The zero-order valence-corrected chi connectivity index (χ0v) is 12.6. The fourth-order valence-electron chi connectivity index (χ4n) is 1.96. The zero-order valence-electron chi connectivity index (χ0n) is 11.8. The molecule has 112 valence electrons. The van der Waals surface area contributed by atoms with Crippen molar-refractivity contribution >= 4 is 17.2 Å². The number of carbonyl (C=O) groups is 1. The summed E-state index contributed by atoms with van der Waals surface area (Å²) >= 11 is 1.33. The Morgan fingerprint density at radius 3 is 3.00 bits per heavy atom. The number of amides is 1. The molecule has 2 aromatic rings. The van der Waals surface area contributed by atoms with Crippen LogP contribution >= 0.6 is 11.3 Å². The van der Waals surface area contributed by atoms with Gasteiger partial charge in [-0.25, -0.2) is 0 Å². The molecule has 1 amide bonds. The third-order valence-electron chi connectivity index (χ3n) is 3.09. The van der Waals surface area contributed by atoms with E-state index in [1.165, 1.54) is 18.4 Å². The summed E-state index contributed by atoms with van der Waals surface area (Å²) in [5, 5.41) is 14.1. The fourth-order valence-corrected chi connectivity index (χ4v) is 2.73. The zero-order chi connectivity index (χ0) is 15.1. The number of aromatic nitrogens is 1. The van der Waals surface area contributed by atoms with Gasteiger partial charge < -0.3 is 15.2 Å². The van der Waals surface area contributed by atoms with Crippen molar-refractivity contribution in [2.45, 2.75) is 6.42 Å². The van der Waals surface area contributed by atoms with Crippen molar-refractivity contribution in [3.63, 3.8) is 0 Å². The Morgan fingerprint density at radius 1 is 1.48 bits per heavy atom. The minimum atomic E-state index is -0.179. The molecule has 0 fully saturated rings. The van der Waals surface area contributed by atoms with Crippen LogP contribution in [-0.2, 0) is 6.42 Å². The summed E-state index contributed by atoms with van der Waals surface area (Å²) in [4.78, 5) is 16.9. The molecule has 0 spiro atoms. The summed E-state index contributed by atoms with van der Waals surface area (Å²) in [5.41, 5.74) is 0.902. The normalized spacial score (nSPS) is 11.9. The predicted octanol–water partition coefficient (Wildman–Crippen LogP) is 1.73. The maximum Gasteiger partial charge on any atom is 0.265 e. The molecule has 0 saturated carbocycles. The van der Waals surface area contributed by atoms with Crippen LogP contribution in [0, 0.1) is 5.92 Å². The highest BCUT2D eigenvalue weighted by Gasteiger charge is 2.16. The Balaban J connectivity index is 1.90. The molecule has 21 heavy (non-hydrogen) atoms. The van der Waals surface area contributed by atoms with Gasteiger partial charge >= 0.3 is 0 Å². The molecule has 2 heterocycles. The molecule has 0 aromatic carbocycles. The first kappa shape index (κ1) is 15.5. The standard InChI is InChI=1S/C15H18N2O3S/c1-20-13-5-7-21-14(13)15(19)17-9-11(10-18)8-12-4-2-3-6-16-12/h2-7,11,18H,8-10H2,1H3,(H,17,19). The van der Waals surface area contributed by atoms with Gasteiger partial charge in [0.1, 0.15) is 10.6 Å². The van der Waals surface area contributed by atoms with E-state index in [1.807, 2.05) is 23.6 Å². The van der Waals surface area contributed by atoms with E-state index in [9.17, 15) is 9.90 Å². The van der Waals surface area contributed by atoms with Gasteiger partial charge in [0.2, 0.25) is 0 Å². The van der Waals surface area contributed by atoms with E-state index in [0.29, 0.717) is 23.6 Å². The van der Waals surface area contributed by atoms with Crippen molar-refractivity contribution in [1.29, 1.82) is 0 Å². The van der Waals surface area contributed by atoms with Gasteiger partial charge in [0.15, 0.2) is 0 Å². The number of pyridine rings is 1. The van der Waals surface area contributed by atoms with Crippen LogP contribution in [0.4, 0.5) is 0 Å². The van der Waals surface area contributed by atoms with Gasteiger partial charge in [0.05, 0.1) is 7.11 Å². The molecule has 5 nitrogen and oxygen atoms in total. The third-order valence-corrected chi connectivity index (χ3v) is 3.98. The van der Waals surface area contributed by atoms with Gasteiger partial charge in [-0.1, -0.05) is 6.07 Å². The summed E-state index contributed by atoms with van der Waals surface area (Å²) in [6.45, 7) is 0.394. The van der Waals surface area contributed by atoms with Gasteiger partial charge in [-0.2, -0.15) is 0 Å². The van der Waals surface area contributed by atoms with Crippen LogP contribution < -0.4 is 10.1 Å². The molecule has 6 heteroatoms. The molecular weight excluding hydrogens is 288 g/mol. The molecule has 0 saturated heterocycles. The van der Waals surface area contributed by atoms with Crippen LogP contribution in [0.3, 0.4) is 0 Å². The lowest BCUT2D eigenvalue weighted by Crippen LogP contribution is -2.31. The van der Waals surface area contributed by atoms with Gasteiger partial charge in [0, 0.05) is 31.0 Å². The van der Waals surface area contributed by atoms with Crippen molar-refractivity contribution in [3.8, 4) is 5.75 Å². The second-order valence-electron chi connectivity index (χ2n) is 4.60. The molecule has 2 N–H and O–H groups in total. The predicted molar refractivity (Wildman–Crippen MR) is 81.7 cm³/mol. The number of ether oxygens (including phenoxy) is 1. The first-order valence-corrected chi connectivity index (χ1v) is 7.53. The summed E-state index contributed by atoms with van der Waals surface area (Å²) in [7, 11) is 1.54. The number of carbonyl (C=O) groups excluding carboxylic acids is 1. The number of hydrogen-bond donors (Lipinski definition) is 2. The van der Waals surface area contributed by atoms with E-state index in [4.69, 9.17) is 4.74 Å². The number of nitrogens with zero attached hydrogens (tertiary/aromatic N) is 1. The second kappa shape index (κ2) is 7.75. The number of aliphatic hydroxyl groups excluding tert-OH is 1. The summed E-state index contributed by atoms with van der Waals surface area (Å²) in [5.74, 6) is 0.332. The lowest BCUT2D eigenvalue weighted by atomic mass is 10.0. The fraction of sp³-hybridized carbons (Fsp3) is 0.333. The second-order valence-corrected chi connectivity index (χ2v) is 5.52. The first-order valence-electron chi connectivity index (χ1n) is 6.65. The van der Waals surface area contributed by atoms with Crippen molar-refractivity contribution in [2.24, 2.45) is 5.92 Å². The van der Waals surface area contributed by atoms with Crippen LogP contribution in [0.2, 0.25) is 0 Å². The molecule has 0 radical (unpaired) electrons. The monoisotopic (exact) mass is 306 g/mol. The average molecular weight is 306 g/mol. The minimum absolute atomic E-state index is 0.00156. The van der Waals surface area contributed by atoms with Gasteiger partial charge in [0.25, 0.3) is 5.91 Å².